The van der Waals surface area contributed by atoms with Gasteiger partial charge in [0.25, 0.3) is 11.6 Å². The maximum absolute atomic E-state index is 13.7. The van der Waals surface area contributed by atoms with Crippen molar-refractivity contribution < 1.29 is 14.1 Å². The second kappa shape index (κ2) is 5.85. The van der Waals surface area contributed by atoms with Crippen LogP contribution in [-0.2, 0) is 0 Å². The average Bonchev–Trinajstić information content (AvgIpc) is 2.35. The molecule has 0 spiro atoms. The smallest absolute Gasteiger partial charge is 0.285 e. The lowest BCUT2D eigenvalue weighted by atomic mass is 9.93. The van der Waals surface area contributed by atoms with Gasteiger partial charge in [-0.25, -0.2) is 4.39 Å². The maximum Gasteiger partial charge on any atom is 0.285 e. The number of nitrogens with zero attached hydrogens (tertiary/aromatic N) is 1. The molecule has 0 saturated heterocycles. The van der Waals surface area contributed by atoms with Gasteiger partial charge in [-0.05, 0) is 32.3 Å². The quantitative estimate of drug-likeness (QED) is 0.641. The third-order valence-electron chi connectivity index (χ3n) is 3.33. The monoisotopic (exact) mass is 281 g/mol. The Hall–Kier alpha value is -2.18. The second-order valence-corrected chi connectivity index (χ2v) is 4.74. The molecule has 0 heterocycles. The molecule has 1 amide bonds. The van der Waals surface area contributed by atoms with Crippen molar-refractivity contribution >= 4 is 17.3 Å². The van der Waals surface area contributed by atoms with E-state index in [-0.39, 0.29) is 17.3 Å². The van der Waals surface area contributed by atoms with E-state index < -0.39 is 22.3 Å². The molecule has 0 radical (unpaired) electrons. The first kappa shape index (κ1) is 14.2. The van der Waals surface area contributed by atoms with Crippen LogP contribution in [0.3, 0.4) is 0 Å². The Morgan fingerprint density at radius 2 is 2.20 bits per heavy atom. The number of carbonyl (C=O) groups is 1. The number of nitro groups is 1. The minimum absolute atomic E-state index is 0.0646. The fourth-order valence-electron chi connectivity index (χ4n) is 2.04. The van der Waals surface area contributed by atoms with Crippen molar-refractivity contribution in [2.45, 2.75) is 32.2 Å². The van der Waals surface area contributed by atoms with Crippen molar-refractivity contribution in [3.63, 3.8) is 0 Å². The Kier molecular flexibility index (Phi) is 4.16. The van der Waals surface area contributed by atoms with Gasteiger partial charge in [0.1, 0.15) is 5.56 Å². The fraction of sp³-hybridized carbons (Fsp3) is 0.462. The first-order valence-corrected chi connectivity index (χ1v) is 6.55. The molecule has 0 atom stereocenters. The highest BCUT2D eigenvalue weighted by Crippen LogP contribution is 2.27. The van der Waals surface area contributed by atoms with Gasteiger partial charge in [-0.2, -0.15) is 0 Å². The summed E-state index contributed by atoms with van der Waals surface area (Å²) >= 11 is 0. The maximum atomic E-state index is 13.7. The van der Waals surface area contributed by atoms with E-state index in [2.05, 4.69) is 10.6 Å². The summed E-state index contributed by atoms with van der Waals surface area (Å²) in [6, 6.07) is 2.05. The summed E-state index contributed by atoms with van der Waals surface area (Å²) in [4.78, 5) is 22.3. The normalized spacial score (nSPS) is 14.5. The molecular weight excluding hydrogens is 265 g/mol. The van der Waals surface area contributed by atoms with E-state index in [1.807, 2.05) is 0 Å². The highest BCUT2D eigenvalue weighted by Gasteiger charge is 2.27. The third-order valence-corrected chi connectivity index (χ3v) is 3.33. The molecule has 1 saturated carbocycles. The molecule has 1 aliphatic rings. The predicted molar refractivity (Wildman–Crippen MR) is 72.3 cm³/mol. The van der Waals surface area contributed by atoms with Crippen LogP contribution < -0.4 is 10.6 Å². The number of carbonyl (C=O) groups excluding carboxylic acids is 1. The minimum atomic E-state index is -0.742. The van der Waals surface area contributed by atoms with E-state index in [4.69, 9.17) is 0 Å². The summed E-state index contributed by atoms with van der Waals surface area (Å²) in [5.74, 6) is -1.26. The average molecular weight is 281 g/mol. The van der Waals surface area contributed by atoms with Crippen molar-refractivity contribution in [3.05, 3.63) is 33.6 Å². The summed E-state index contributed by atoms with van der Waals surface area (Å²) in [6.45, 7) is 2.23. The lowest BCUT2D eigenvalue weighted by Gasteiger charge is -2.26. The van der Waals surface area contributed by atoms with Crippen LogP contribution >= 0.6 is 0 Å². The number of benzene rings is 1. The zero-order valence-electron chi connectivity index (χ0n) is 11.1. The van der Waals surface area contributed by atoms with E-state index in [0.717, 1.165) is 25.3 Å². The summed E-state index contributed by atoms with van der Waals surface area (Å²) in [6.07, 6.45) is 2.79. The number of rotatable bonds is 5. The van der Waals surface area contributed by atoms with Crippen molar-refractivity contribution in [3.8, 4) is 0 Å². The van der Waals surface area contributed by atoms with Gasteiger partial charge in [-0.1, -0.05) is 0 Å². The van der Waals surface area contributed by atoms with Crippen LogP contribution in [0.2, 0.25) is 0 Å². The van der Waals surface area contributed by atoms with Crippen LogP contribution in [0.5, 0.6) is 0 Å². The number of nitro benzene ring substituents is 1. The Morgan fingerprint density at radius 3 is 2.70 bits per heavy atom. The first-order valence-electron chi connectivity index (χ1n) is 6.55. The van der Waals surface area contributed by atoms with E-state index >= 15 is 0 Å². The van der Waals surface area contributed by atoms with Crippen molar-refractivity contribution in [2.75, 3.05) is 11.9 Å². The number of nitrogens with one attached hydrogen (secondary N) is 2. The van der Waals surface area contributed by atoms with Gasteiger partial charge in [-0.15, -0.1) is 0 Å². The molecule has 0 unspecified atom stereocenters. The molecule has 0 bridgehead atoms. The van der Waals surface area contributed by atoms with Crippen LogP contribution in [0.4, 0.5) is 15.8 Å². The van der Waals surface area contributed by atoms with Crippen LogP contribution in [0.1, 0.15) is 36.5 Å². The van der Waals surface area contributed by atoms with Gasteiger partial charge in [-0.3, -0.25) is 14.9 Å². The summed E-state index contributed by atoms with van der Waals surface area (Å²) in [7, 11) is 0. The number of anilines is 1. The molecule has 0 aliphatic heterocycles. The lowest BCUT2D eigenvalue weighted by Crippen LogP contribution is -2.39. The van der Waals surface area contributed by atoms with Gasteiger partial charge >= 0.3 is 0 Å². The van der Waals surface area contributed by atoms with E-state index in [9.17, 15) is 19.3 Å². The number of halogens is 1. The van der Waals surface area contributed by atoms with Crippen molar-refractivity contribution in [1.29, 1.82) is 0 Å². The Balaban J connectivity index is 2.33. The zero-order valence-corrected chi connectivity index (χ0v) is 11.1. The summed E-state index contributed by atoms with van der Waals surface area (Å²) < 4.78 is 13.7. The molecule has 6 nitrogen and oxygen atoms in total. The van der Waals surface area contributed by atoms with Crippen LogP contribution in [0, 0.1) is 15.9 Å². The summed E-state index contributed by atoms with van der Waals surface area (Å²) in [5.41, 5.74) is -0.530. The molecule has 108 valence electrons. The van der Waals surface area contributed by atoms with Crippen molar-refractivity contribution in [1.82, 2.24) is 5.32 Å². The molecular formula is C13H16FN3O3. The predicted octanol–water partition coefficient (Wildman–Crippen LogP) is 2.45. The van der Waals surface area contributed by atoms with E-state index in [0.29, 0.717) is 6.54 Å². The second-order valence-electron chi connectivity index (χ2n) is 4.74. The largest absolute Gasteiger partial charge is 0.383 e. The SMILES string of the molecule is CCNc1cc(C(=O)NC2CCC2)c([N+](=O)[O-])cc1F. The van der Waals surface area contributed by atoms with Gasteiger partial charge in [0.05, 0.1) is 16.7 Å². The fourth-order valence-corrected chi connectivity index (χ4v) is 2.04. The Bertz CT molecular complexity index is 544. The highest BCUT2D eigenvalue weighted by molar-refractivity contribution is 5.99. The van der Waals surface area contributed by atoms with Gasteiger partial charge in [0, 0.05) is 12.6 Å². The topological polar surface area (TPSA) is 84.3 Å². The minimum Gasteiger partial charge on any atom is -0.383 e. The molecule has 1 aliphatic carbocycles. The summed E-state index contributed by atoms with van der Waals surface area (Å²) in [5, 5.41) is 16.4. The molecule has 20 heavy (non-hydrogen) atoms. The first-order chi connectivity index (χ1) is 9.52. The molecule has 2 rings (SSSR count). The van der Waals surface area contributed by atoms with Crippen molar-refractivity contribution in [2.24, 2.45) is 0 Å². The zero-order chi connectivity index (χ0) is 14.7. The molecule has 1 fully saturated rings. The lowest BCUT2D eigenvalue weighted by molar-refractivity contribution is -0.385. The molecule has 7 heteroatoms. The molecule has 0 aromatic heterocycles. The highest BCUT2D eigenvalue weighted by atomic mass is 19.1. The van der Waals surface area contributed by atoms with Crippen LogP contribution in [-0.4, -0.2) is 23.4 Å². The third kappa shape index (κ3) is 2.87. The van der Waals surface area contributed by atoms with E-state index in [1.165, 1.54) is 6.07 Å². The standard InChI is InChI=1S/C13H16FN3O3/c1-2-15-11-6-9(12(17(19)20)7-10(11)14)13(18)16-8-4-3-5-8/h6-8,15H,2-5H2,1H3,(H,16,18). The van der Waals surface area contributed by atoms with Gasteiger partial charge in [0.2, 0.25) is 0 Å². The Labute approximate surface area is 115 Å². The van der Waals surface area contributed by atoms with Crippen LogP contribution in [0.15, 0.2) is 12.1 Å². The Morgan fingerprint density at radius 1 is 1.50 bits per heavy atom. The molecule has 2 N–H and O–H groups in total. The number of hydrogen-bond donors (Lipinski definition) is 2. The number of amides is 1. The molecule has 1 aromatic carbocycles. The van der Waals surface area contributed by atoms with Gasteiger partial charge < -0.3 is 10.6 Å². The van der Waals surface area contributed by atoms with E-state index in [1.54, 1.807) is 6.92 Å². The molecule has 1 aromatic rings. The van der Waals surface area contributed by atoms with Crippen LogP contribution in [0.25, 0.3) is 0 Å². The number of hydrogen-bond acceptors (Lipinski definition) is 4. The van der Waals surface area contributed by atoms with Gasteiger partial charge in [0.15, 0.2) is 5.82 Å².